The molecule has 0 radical (unpaired) electrons. The summed E-state index contributed by atoms with van der Waals surface area (Å²) in [7, 11) is 0. The average molecular weight is 377 g/mol. The van der Waals surface area contributed by atoms with E-state index in [1.165, 1.54) is 11.1 Å². The summed E-state index contributed by atoms with van der Waals surface area (Å²) < 4.78 is 0. The number of amides is 2. The van der Waals surface area contributed by atoms with Gasteiger partial charge in [0, 0.05) is 13.1 Å². The Balaban J connectivity index is 1.42. The van der Waals surface area contributed by atoms with Crippen molar-refractivity contribution in [2.24, 2.45) is 0 Å². The molecule has 2 heterocycles. The van der Waals surface area contributed by atoms with Crippen LogP contribution in [0.2, 0.25) is 0 Å². The molecule has 0 spiro atoms. The van der Waals surface area contributed by atoms with Crippen molar-refractivity contribution in [3.8, 4) is 0 Å². The van der Waals surface area contributed by atoms with E-state index in [0.29, 0.717) is 19.5 Å². The number of fused-ring (bicyclic) bond motifs is 1. The van der Waals surface area contributed by atoms with Gasteiger partial charge in [-0.2, -0.15) is 0 Å². The van der Waals surface area contributed by atoms with E-state index in [9.17, 15) is 9.59 Å². The summed E-state index contributed by atoms with van der Waals surface area (Å²) in [5.41, 5.74) is 3.54. The molecule has 5 heteroatoms. The maximum absolute atomic E-state index is 13.2. The van der Waals surface area contributed by atoms with Crippen LogP contribution in [0.4, 0.5) is 0 Å². The molecule has 3 atom stereocenters. The van der Waals surface area contributed by atoms with E-state index in [4.69, 9.17) is 0 Å². The second-order valence-electron chi connectivity index (χ2n) is 7.74. The number of nitrogens with zero attached hydrogens (tertiary/aromatic N) is 1. The van der Waals surface area contributed by atoms with Gasteiger partial charge in [-0.3, -0.25) is 9.59 Å². The highest BCUT2D eigenvalue weighted by Gasteiger charge is 2.38. The topological polar surface area (TPSA) is 61.4 Å². The fourth-order valence-corrected chi connectivity index (χ4v) is 4.27. The summed E-state index contributed by atoms with van der Waals surface area (Å²) in [5, 5.41) is 6.44. The van der Waals surface area contributed by atoms with E-state index in [1.807, 2.05) is 49.4 Å². The number of hydrogen-bond donors (Lipinski definition) is 2. The van der Waals surface area contributed by atoms with E-state index >= 15 is 0 Å². The number of hydrogen-bond acceptors (Lipinski definition) is 3. The lowest BCUT2D eigenvalue weighted by Crippen LogP contribution is -2.54. The molecule has 5 nitrogen and oxygen atoms in total. The van der Waals surface area contributed by atoms with E-state index in [-0.39, 0.29) is 29.9 Å². The normalized spacial score (nSPS) is 22.4. The van der Waals surface area contributed by atoms with Crippen LogP contribution in [0.15, 0.2) is 54.6 Å². The van der Waals surface area contributed by atoms with Crippen LogP contribution < -0.4 is 10.6 Å². The van der Waals surface area contributed by atoms with Gasteiger partial charge in [-0.05, 0) is 42.9 Å². The zero-order valence-electron chi connectivity index (χ0n) is 16.2. The zero-order chi connectivity index (χ0) is 19.5. The molecule has 4 rings (SSSR count). The van der Waals surface area contributed by atoms with Crippen molar-refractivity contribution in [2.45, 2.75) is 50.9 Å². The molecule has 0 bridgehead atoms. The third kappa shape index (κ3) is 3.80. The van der Waals surface area contributed by atoms with Crippen LogP contribution in [0, 0.1) is 0 Å². The molecule has 0 aliphatic carbocycles. The predicted molar refractivity (Wildman–Crippen MR) is 109 cm³/mol. The number of likely N-dealkylation sites (tertiary alicyclic amines) is 1. The molecule has 2 aliphatic heterocycles. The minimum absolute atomic E-state index is 0.0412. The van der Waals surface area contributed by atoms with Gasteiger partial charge in [0.1, 0.15) is 6.04 Å². The third-order valence-corrected chi connectivity index (χ3v) is 5.88. The maximum Gasteiger partial charge on any atom is 0.243 e. The molecule has 28 heavy (non-hydrogen) atoms. The lowest BCUT2D eigenvalue weighted by atomic mass is 9.95. The van der Waals surface area contributed by atoms with Gasteiger partial charge < -0.3 is 15.5 Å². The first-order valence-corrected chi connectivity index (χ1v) is 10.1. The smallest absolute Gasteiger partial charge is 0.243 e. The van der Waals surface area contributed by atoms with Gasteiger partial charge in [0.25, 0.3) is 0 Å². The first-order valence-electron chi connectivity index (χ1n) is 10.1. The maximum atomic E-state index is 13.2. The fourth-order valence-electron chi connectivity index (χ4n) is 4.27. The molecular formula is C23H27N3O2. The largest absolute Gasteiger partial charge is 0.348 e. The molecule has 0 unspecified atom stereocenters. The van der Waals surface area contributed by atoms with Crippen molar-refractivity contribution in [2.75, 3.05) is 6.54 Å². The molecule has 1 fully saturated rings. The Morgan fingerprint density at radius 2 is 1.79 bits per heavy atom. The van der Waals surface area contributed by atoms with Gasteiger partial charge in [-0.25, -0.2) is 0 Å². The summed E-state index contributed by atoms with van der Waals surface area (Å²) in [6.45, 7) is 3.33. The van der Waals surface area contributed by atoms with Crippen molar-refractivity contribution >= 4 is 11.8 Å². The molecule has 2 aromatic rings. The standard InChI is InChI=1S/C23H27N3O2/c1-16(17-8-3-2-4-9-17)25-22(27)21-12-7-13-26(21)23(28)20-14-18-10-5-6-11-19(18)15-24-20/h2-6,8-11,16,20-21,24H,7,12-15H2,1H3,(H,25,27)/t16-,20-,21-/m1/s1. The highest BCUT2D eigenvalue weighted by atomic mass is 16.2. The monoisotopic (exact) mass is 377 g/mol. The Morgan fingerprint density at radius 1 is 1.07 bits per heavy atom. The van der Waals surface area contributed by atoms with Crippen molar-refractivity contribution in [1.82, 2.24) is 15.5 Å². The van der Waals surface area contributed by atoms with Gasteiger partial charge >= 0.3 is 0 Å². The van der Waals surface area contributed by atoms with Crippen LogP contribution in [-0.4, -0.2) is 35.3 Å². The predicted octanol–water partition coefficient (Wildman–Crippen LogP) is 2.57. The summed E-state index contributed by atoms with van der Waals surface area (Å²) in [5.74, 6) is -0.0158. The minimum atomic E-state index is -0.377. The number of carbonyl (C=O) groups excluding carboxylic acids is 2. The van der Waals surface area contributed by atoms with E-state index in [0.717, 1.165) is 18.4 Å². The summed E-state index contributed by atoms with van der Waals surface area (Å²) >= 11 is 0. The van der Waals surface area contributed by atoms with Gasteiger partial charge in [0.2, 0.25) is 11.8 Å². The Morgan fingerprint density at radius 3 is 2.57 bits per heavy atom. The van der Waals surface area contributed by atoms with Gasteiger partial charge in [0.05, 0.1) is 12.1 Å². The molecular weight excluding hydrogens is 350 g/mol. The van der Waals surface area contributed by atoms with Crippen LogP contribution >= 0.6 is 0 Å². The summed E-state index contributed by atoms with van der Waals surface area (Å²) in [4.78, 5) is 27.8. The van der Waals surface area contributed by atoms with Crippen LogP contribution in [0.25, 0.3) is 0 Å². The molecule has 2 aliphatic rings. The minimum Gasteiger partial charge on any atom is -0.348 e. The SMILES string of the molecule is C[C@@H](NC(=O)[C@H]1CCCN1C(=O)[C@H]1Cc2ccccc2CN1)c1ccccc1. The zero-order valence-corrected chi connectivity index (χ0v) is 16.2. The quantitative estimate of drug-likeness (QED) is 0.861. The van der Waals surface area contributed by atoms with Crippen molar-refractivity contribution in [3.05, 3.63) is 71.3 Å². The van der Waals surface area contributed by atoms with Crippen molar-refractivity contribution < 1.29 is 9.59 Å². The number of nitrogens with one attached hydrogen (secondary N) is 2. The molecule has 0 saturated carbocycles. The van der Waals surface area contributed by atoms with E-state index in [2.05, 4.69) is 22.8 Å². The third-order valence-electron chi connectivity index (χ3n) is 5.88. The highest BCUT2D eigenvalue weighted by Crippen LogP contribution is 2.23. The summed E-state index contributed by atoms with van der Waals surface area (Å²) in [6, 6.07) is 17.4. The Hall–Kier alpha value is -2.66. The first kappa shape index (κ1) is 18.7. The number of benzene rings is 2. The Labute approximate surface area is 166 Å². The van der Waals surface area contributed by atoms with E-state index in [1.54, 1.807) is 4.90 Å². The van der Waals surface area contributed by atoms with Crippen LogP contribution in [-0.2, 0) is 22.6 Å². The van der Waals surface area contributed by atoms with Crippen molar-refractivity contribution in [3.63, 3.8) is 0 Å². The lowest BCUT2D eigenvalue weighted by molar-refractivity contribution is -0.140. The van der Waals surface area contributed by atoms with E-state index < -0.39 is 0 Å². The fraction of sp³-hybridized carbons (Fsp3) is 0.391. The summed E-state index contributed by atoms with van der Waals surface area (Å²) in [6.07, 6.45) is 2.27. The molecule has 2 amide bonds. The second kappa shape index (κ2) is 8.15. The highest BCUT2D eigenvalue weighted by molar-refractivity contribution is 5.90. The van der Waals surface area contributed by atoms with Crippen LogP contribution in [0.3, 0.4) is 0 Å². The molecule has 0 aromatic heterocycles. The van der Waals surface area contributed by atoms with Crippen LogP contribution in [0.1, 0.15) is 42.5 Å². The number of carbonyl (C=O) groups is 2. The average Bonchev–Trinajstić information content (AvgIpc) is 3.23. The molecule has 2 N–H and O–H groups in total. The van der Waals surface area contributed by atoms with Crippen LogP contribution in [0.5, 0.6) is 0 Å². The first-order chi connectivity index (χ1) is 13.6. The van der Waals surface area contributed by atoms with Crippen molar-refractivity contribution in [1.29, 1.82) is 0 Å². The van der Waals surface area contributed by atoms with Gasteiger partial charge in [-0.1, -0.05) is 54.6 Å². The second-order valence-corrected chi connectivity index (χ2v) is 7.74. The Kier molecular flexibility index (Phi) is 5.44. The molecule has 146 valence electrons. The van der Waals surface area contributed by atoms with Gasteiger partial charge in [-0.15, -0.1) is 0 Å². The van der Waals surface area contributed by atoms with Gasteiger partial charge in [0.15, 0.2) is 0 Å². The molecule has 1 saturated heterocycles. The Bertz CT molecular complexity index is 852. The number of rotatable bonds is 4. The molecule has 2 aromatic carbocycles. The lowest BCUT2D eigenvalue weighted by Gasteiger charge is -2.32.